The Morgan fingerprint density at radius 2 is 1.64 bits per heavy atom. The van der Waals surface area contributed by atoms with Gasteiger partial charge in [0.1, 0.15) is 0 Å². The first kappa shape index (κ1) is 15.1. The van der Waals surface area contributed by atoms with E-state index in [2.05, 4.69) is 20.1 Å². The summed E-state index contributed by atoms with van der Waals surface area (Å²) in [6.07, 6.45) is 5.14. The first-order valence-electron chi connectivity index (χ1n) is 7.65. The van der Waals surface area contributed by atoms with Crippen LogP contribution in [0.15, 0.2) is 55.0 Å². The molecule has 124 valence electrons. The first-order chi connectivity index (χ1) is 12.3. The Bertz CT molecular complexity index is 1030. The lowest BCUT2D eigenvalue weighted by molar-refractivity contribution is 0.355. The van der Waals surface area contributed by atoms with E-state index >= 15 is 0 Å². The van der Waals surface area contributed by atoms with E-state index in [1.807, 2.05) is 36.4 Å². The number of aromatic nitrogens is 5. The van der Waals surface area contributed by atoms with Crippen molar-refractivity contribution in [3.8, 4) is 34.1 Å². The van der Waals surface area contributed by atoms with Gasteiger partial charge in [0.2, 0.25) is 0 Å². The highest BCUT2D eigenvalue weighted by Gasteiger charge is 2.13. The predicted octanol–water partition coefficient (Wildman–Crippen LogP) is 2.87. The van der Waals surface area contributed by atoms with Crippen LogP contribution in [0.2, 0.25) is 0 Å². The number of pyridine rings is 1. The number of fused-ring (bicyclic) bond motifs is 1. The Hall–Kier alpha value is -3.48. The lowest BCUT2D eigenvalue weighted by Crippen LogP contribution is -1.97. The number of nitrogens with zero attached hydrogens (tertiary/aromatic N) is 5. The molecule has 4 aromatic rings. The van der Waals surface area contributed by atoms with Gasteiger partial charge in [-0.1, -0.05) is 0 Å². The molecule has 0 N–H and O–H groups in total. The van der Waals surface area contributed by atoms with Crippen LogP contribution in [0.1, 0.15) is 0 Å². The van der Waals surface area contributed by atoms with E-state index in [4.69, 9.17) is 9.47 Å². The van der Waals surface area contributed by atoms with Gasteiger partial charge in [0.15, 0.2) is 17.3 Å². The molecular weight excluding hydrogens is 318 g/mol. The molecule has 0 atom stereocenters. The maximum absolute atomic E-state index is 5.39. The number of hydrogen-bond donors (Lipinski definition) is 0. The number of rotatable bonds is 4. The summed E-state index contributed by atoms with van der Waals surface area (Å²) in [6, 6.07) is 11.3. The van der Waals surface area contributed by atoms with Crippen LogP contribution < -0.4 is 9.47 Å². The summed E-state index contributed by atoms with van der Waals surface area (Å²) >= 11 is 0. The maximum atomic E-state index is 5.39. The van der Waals surface area contributed by atoms with Crippen LogP contribution in [-0.4, -0.2) is 38.8 Å². The molecule has 0 aliphatic rings. The van der Waals surface area contributed by atoms with Crippen molar-refractivity contribution in [2.75, 3.05) is 14.2 Å². The summed E-state index contributed by atoms with van der Waals surface area (Å²) in [6.45, 7) is 0. The molecule has 0 radical (unpaired) electrons. The van der Waals surface area contributed by atoms with Gasteiger partial charge in [0.25, 0.3) is 5.78 Å². The number of methoxy groups -OCH3 is 2. The predicted molar refractivity (Wildman–Crippen MR) is 92.6 cm³/mol. The normalized spacial score (nSPS) is 10.8. The molecule has 0 unspecified atom stereocenters. The molecule has 0 aliphatic heterocycles. The molecule has 0 saturated carbocycles. The summed E-state index contributed by atoms with van der Waals surface area (Å²) in [5, 5.41) is 4.60. The molecule has 0 amide bonds. The standard InChI is InChI=1S/C18H15N5O2/c1-24-15-4-3-13(11-16(15)25-2)14-7-10-20-18-21-17(22-23(14)18)12-5-8-19-9-6-12/h3-11H,1-2H3. The van der Waals surface area contributed by atoms with Crippen molar-refractivity contribution >= 4 is 5.78 Å². The maximum Gasteiger partial charge on any atom is 0.253 e. The van der Waals surface area contributed by atoms with Crippen LogP contribution >= 0.6 is 0 Å². The topological polar surface area (TPSA) is 74.4 Å². The van der Waals surface area contributed by atoms with Crippen LogP contribution in [-0.2, 0) is 0 Å². The summed E-state index contributed by atoms with van der Waals surface area (Å²) in [5.41, 5.74) is 2.67. The minimum Gasteiger partial charge on any atom is -0.493 e. The van der Waals surface area contributed by atoms with Gasteiger partial charge in [-0.05, 0) is 36.4 Å². The van der Waals surface area contributed by atoms with E-state index in [1.54, 1.807) is 37.3 Å². The van der Waals surface area contributed by atoms with Crippen LogP contribution in [0.4, 0.5) is 0 Å². The Morgan fingerprint density at radius 3 is 2.40 bits per heavy atom. The molecule has 0 saturated heterocycles. The van der Waals surface area contributed by atoms with Gasteiger partial charge in [0, 0.05) is 29.7 Å². The van der Waals surface area contributed by atoms with Crippen molar-refractivity contribution in [3.05, 3.63) is 55.0 Å². The van der Waals surface area contributed by atoms with Gasteiger partial charge in [-0.3, -0.25) is 4.98 Å². The monoisotopic (exact) mass is 333 g/mol. The lowest BCUT2D eigenvalue weighted by atomic mass is 10.1. The minimum atomic E-state index is 0.527. The second kappa shape index (κ2) is 6.20. The van der Waals surface area contributed by atoms with Crippen LogP contribution in [0, 0.1) is 0 Å². The third-order valence-electron chi connectivity index (χ3n) is 3.86. The molecule has 0 aliphatic carbocycles. The van der Waals surface area contributed by atoms with Gasteiger partial charge >= 0.3 is 0 Å². The van der Waals surface area contributed by atoms with Crippen molar-refractivity contribution in [2.45, 2.75) is 0 Å². The summed E-state index contributed by atoms with van der Waals surface area (Å²) < 4.78 is 12.4. The second-order valence-corrected chi connectivity index (χ2v) is 5.28. The molecule has 25 heavy (non-hydrogen) atoms. The third kappa shape index (κ3) is 2.65. The van der Waals surface area contributed by atoms with Crippen LogP contribution in [0.25, 0.3) is 28.4 Å². The number of benzene rings is 1. The van der Waals surface area contributed by atoms with Gasteiger partial charge in [-0.15, -0.1) is 5.10 Å². The van der Waals surface area contributed by atoms with E-state index in [9.17, 15) is 0 Å². The average molecular weight is 333 g/mol. The van der Waals surface area contributed by atoms with E-state index in [-0.39, 0.29) is 0 Å². The molecule has 3 heterocycles. The molecular formula is C18H15N5O2. The van der Waals surface area contributed by atoms with Crippen LogP contribution in [0.3, 0.4) is 0 Å². The Balaban J connectivity index is 1.87. The molecule has 7 nitrogen and oxygen atoms in total. The van der Waals surface area contributed by atoms with E-state index in [0.717, 1.165) is 16.8 Å². The minimum absolute atomic E-state index is 0.527. The fraction of sp³-hybridized carbons (Fsp3) is 0.111. The second-order valence-electron chi connectivity index (χ2n) is 5.28. The molecule has 0 bridgehead atoms. The SMILES string of the molecule is COc1ccc(-c2ccnc3nc(-c4ccncc4)nn23)cc1OC. The first-order valence-corrected chi connectivity index (χ1v) is 7.65. The van der Waals surface area contributed by atoms with Crippen molar-refractivity contribution in [1.82, 2.24) is 24.6 Å². The average Bonchev–Trinajstić information content (AvgIpc) is 3.12. The van der Waals surface area contributed by atoms with Crippen molar-refractivity contribution in [3.63, 3.8) is 0 Å². The van der Waals surface area contributed by atoms with Crippen LogP contribution in [0.5, 0.6) is 11.5 Å². The van der Waals surface area contributed by atoms with Crippen molar-refractivity contribution in [1.29, 1.82) is 0 Å². The fourth-order valence-electron chi connectivity index (χ4n) is 2.63. The zero-order valence-corrected chi connectivity index (χ0v) is 13.7. The molecule has 4 rings (SSSR count). The van der Waals surface area contributed by atoms with E-state index < -0.39 is 0 Å². The summed E-state index contributed by atoms with van der Waals surface area (Å²) in [5.74, 6) is 2.45. The fourth-order valence-corrected chi connectivity index (χ4v) is 2.63. The molecule has 0 fully saturated rings. The smallest absolute Gasteiger partial charge is 0.253 e. The zero-order valence-electron chi connectivity index (χ0n) is 13.7. The Morgan fingerprint density at radius 1 is 0.840 bits per heavy atom. The summed E-state index contributed by atoms with van der Waals surface area (Å²) in [7, 11) is 3.22. The van der Waals surface area contributed by atoms with Gasteiger partial charge < -0.3 is 9.47 Å². The number of hydrogen-bond acceptors (Lipinski definition) is 6. The summed E-state index contributed by atoms with van der Waals surface area (Å²) in [4.78, 5) is 12.8. The largest absolute Gasteiger partial charge is 0.493 e. The zero-order chi connectivity index (χ0) is 17.2. The van der Waals surface area contributed by atoms with Gasteiger partial charge in [-0.25, -0.2) is 4.98 Å². The van der Waals surface area contributed by atoms with Crippen molar-refractivity contribution in [2.24, 2.45) is 0 Å². The third-order valence-corrected chi connectivity index (χ3v) is 3.86. The highest BCUT2D eigenvalue weighted by molar-refractivity contribution is 5.66. The van der Waals surface area contributed by atoms with Crippen molar-refractivity contribution < 1.29 is 9.47 Å². The Kier molecular flexibility index (Phi) is 3.74. The van der Waals surface area contributed by atoms with E-state index in [0.29, 0.717) is 23.1 Å². The highest BCUT2D eigenvalue weighted by atomic mass is 16.5. The highest BCUT2D eigenvalue weighted by Crippen LogP contribution is 2.32. The Labute approximate surface area is 143 Å². The van der Waals surface area contributed by atoms with E-state index in [1.165, 1.54) is 0 Å². The molecule has 7 heteroatoms. The molecule has 3 aromatic heterocycles. The lowest BCUT2D eigenvalue weighted by Gasteiger charge is -2.10. The molecule has 1 aromatic carbocycles. The molecule has 0 spiro atoms. The number of ether oxygens (including phenoxy) is 2. The van der Waals surface area contributed by atoms with Gasteiger partial charge in [-0.2, -0.15) is 9.50 Å². The van der Waals surface area contributed by atoms with Gasteiger partial charge in [0.05, 0.1) is 19.9 Å². The quantitative estimate of drug-likeness (QED) is 0.572.